The van der Waals surface area contributed by atoms with E-state index < -0.39 is 0 Å². The Kier molecular flexibility index (Phi) is 6.41. The summed E-state index contributed by atoms with van der Waals surface area (Å²) >= 11 is 0. The van der Waals surface area contributed by atoms with E-state index in [1.54, 1.807) is 0 Å². The maximum absolute atomic E-state index is 13.1. The molecule has 0 unspecified atom stereocenters. The van der Waals surface area contributed by atoms with Gasteiger partial charge in [0.05, 0.1) is 0 Å². The number of piperazine rings is 1. The molecule has 2 heterocycles. The molecule has 0 saturated carbocycles. The van der Waals surface area contributed by atoms with E-state index in [4.69, 9.17) is 14.2 Å². The molecule has 0 spiro atoms. The molecule has 2 aliphatic rings. The van der Waals surface area contributed by atoms with Gasteiger partial charge in [-0.2, -0.15) is 0 Å². The maximum atomic E-state index is 13.1. The molecular formula is C28H30N2O4. The molecule has 176 valence electrons. The number of carbonyl (C=O) groups excluding carboxylic acids is 1. The van der Waals surface area contributed by atoms with Gasteiger partial charge in [-0.05, 0) is 60.9 Å². The van der Waals surface area contributed by atoms with Crippen molar-refractivity contribution in [2.75, 3.05) is 33.0 Å². The van der Waals surface area contributed by atoms with E-state index in [0.717, 1.165) is 48.0 Å². The van der Waals surface area contributed by atoms with Gasteiger partial charge in [0.15, 0.2) is 11.5 Å². The van der Waals surface area contributed by atoms with Crippen LogP contribution in [-0.4, -0.2) is 48.7 Å². The van der Waals surface area contributed by atoms with Gasteiger partial charge in [0.2, 0.25) is 6.79 Å². The van der Waals surface area contributed by atoms with Gasteiger partial charge in [0.25, 0.3) is 5.91 Å². The van der Waals surface area contributed by atoms with Gasteiger partial charge in [-0.25, -0.2) is 0 Å². The minimum absolute atomic E-state index is 0.0797. The van der Waals surface area contributed by atoms with E-state index in [-0.39, 0.29) is 5.91 Å². The molecule has 0 N–H and O–H groups in total. The van der Waals surface area contributed by atoms with Crippen molar-refractivity contribution in [3.05, 3.63) is 88.5 Å². The van der Waals surface area contributed by atoms with Crippen LogP contribution in [0.1, 0.15) is 32.6 Å². The number of ether oxygens (including phenoxy) is 3. The average molecular weight is 459 g/mol. The van der Waals surface area contributed by atoms with Gasteiger partial charge < -0.3 is 19.1 Å². The molecule has 0 radical (unpaired) electrons. The first kappa shape index (κ1) is 22.3. The summed E-state index contributed by atoms with van der Waals surface area (Å²) in [5, 5.41) is 0. The summed E-state index contributed by atoms with van der Waals surface area (Å²) in [5.74, 6) is 2.57. The summed E-state index contributed by atoms with van der Waals surface area (Å²) < 4.78 is 16.9. The number of aryl methyl sites for hydroxylation is 2. The van der Waals surface area contributed by atoms with Gasteiger partial charge in [0, 0.05) is 38.3 Å². The van der Waals surface area contributed by atoms with E-state index in [1.165, 1.54) is 11.1 Å². The minimum atomic E-state index is 0.0797. The Balaban J connectivity index is 1.15. The molecule has 0 atom stereocenters. The van der Waals surface area contributed by atoms with Crippen LogP contribution in [0.15, 0.2) is 60.7 Å². The largest absolute Gasteiger partial charge is 0.489 e. The van der Waals surface area contributed by atoms with Crippen molar-refractivity contribution in [3.63, 3.8) is 0 Å². The van der Waals surface area contributed by atoms with Gasteiger partial charge in [0.1, 0.15) is 12.4 Å². The number of hydrogen-bond acceptors (Lipinski definition) is 5. The van der Waals surface area contributed by atoms with Crippen molar-refractivity contribution >= 4 is 5.91 Å². The second-order valence-corrected chi connectivity index (χ2v) is 9.01. The molecule has 0 aliphatic carbocycles. The normalized spacial score (nSPS) is 15.4. The lowest BCUT2D eigenvalue weighted by atomic mass is 10.1. The predicted molar refractivity (Wildman–Crippen MR) is 130 cm³/mol. The second-order valence-electron chi connectivity index (χ2n) is 9.01. The highest BCUT2D eigenvalue weighted by Gasteiger charge is 2.23. The lowest BCUT2D eigenvalue weighted by Crippen LogP contribution is -2.48. The monoisotopic (exact) mass is 458 g/mol. The van der Waals surface area contributed by atoms with Crippen molar-refractivity contribution in [1.82, 2.24) is 9.80 Å². The van der Waals surface area contributed by atoms with Crippen LogP contribution in [-0.2, 0) is 13.2 Å². The summed E-state index contributed by atoms with van der Waals surface area (Å²) in [6.45, 7) is 8.80. The highest BCUT2D eigenvalue weighted by molar-refractivity contribution is 5.94. The molecule has 1 amide bonds. The predicted octanol–water partition coefficient (Wildman–Crippen LogP) is 4.57. The zero-order chi connectivity index (χ0) is 23.5. The summed E-state index contributed by atoms with van der Waals surface area (Å²) in [5.41, 5.74) is 5.23. The molecule has 3 aromatic rings. The molecule has 34 heavy (non-hydrogen) atoms. The number of hydrogen-bond donors (Lipinski definition) is 0. The molecule has 2 aliphatic heterocycles. The van der Waals surface area contributed by atoms with E-state index in [1.807, 2.05) is 47.4 Å². The quantitative estimate of drug-likeness (QED) is 0.542. The lowest BCUT2D eigenvalue weighted by Gasteiger charge is -2.34. The standard InChI is InChI=1S/C28H30N2O4/c1-20-6-8-25(21(2)14-20)32-18-23-4-3-5-24(15-23)28(31)30-12-10-29(11-13-30)17-22-7-9-26-27(16-22)34-19-33-26/h3-9,14-16H,10-13,17-19H2,1-2H3. The van der Waals surface area contributed by atoms with Crippen LogP contribution in [0.5, 0.6) is 17.2 Å². The third kappa shape index (κ3) is 5.02. The van der Waals surface area contributed by atoms with Crippen molar-refractivity contribution in [3.8, 4) is 17.2 Å². The van der Waals surface area contributed by atoms with E-state index in [9.17, 15) is 4.79 Å². The van der Waals surface area contributed by atoms with Crippen LogP contribution in [0.4, 0.5) is 0 Å². The maximum Gasteiger partial charge on any atom is 0.253 e. The van der Waals surface area contributed by atoms with Gasteiger partial charge in [-0.1, -0.05) is 35.9 Å². The fourth-order valence-electron chi connectivity index (χ4n) is 4.51. The van der Waals surface area contributed by atoms with Gasteiger partial charge in [-0.15, -0.1) is 0 Å². The Morgan fingerprint density at radius 3 is 2.53 bits per heavy atom. The smallest absolute Gasteiger partial charge is 0.253 e. The van der Waals surface area contributed by atoms with Crippen LogP contribution in [0.25, 0.3) is 0 Å². The van der Waals surface area contributed by atoms with Crippen molar-refractivity contribution < 1.29 is 19.0 Å². The first-order valence-electron chi connectivity index (χ1n) is 11.7. The minimum Gasteiger partial charge on any atom is -0.489 e. The number of amides is 1. The van der Waals surface area contributed by atoms with Crippen molar-refractivity contribution in [2.45, 2.75) is 27.0 Å². The molecule has 5 rings (SSSR count). The van der Waals surface area contributed by atoms with E-state index in [2.05, 4.69) is 36.9 Å². The second kappa shape index (κ2) is 9.77. The first-order chi connectivity index (χ1) is 16.5. The summed E-state index contributed by atoms with van der Waals surface area (Å²) in [4.78, 5) is 17.5. The summed E-state index contributed by atoms with van der Waals surface area (Å²) in [7, 11) is 0. The van der Waals surface area contributed by atoms with Gasteiger partial charge >= 0.3 is 0 Å². The third-order valence-electron chi connectivity index (χ3n) is 6.40. The highest BCUT2D eigenvalue weighted by atomic mass is 16.7. The SMILES string of the molecule is Cc1ccc(OCc2cccc(C(=O)N3CCN(Cc4ccc5c(c4)OCO5)CC3)c2)c(C)c1. The molecule has 0 bridgehead atoms. The topological polar surface area (TPSA) is 51.2 Å². The number of rotatable bonds is 6. The average Bonchev–Trinajstić information content (AvgIpc) is 3.32. The Hall–Kier alpha value is -3.51. The first-order valence-corrected chi connectivity index (χ1v) is 11.7. The molecular weight excluding hydrogens is 428 g/mol. The molecule has 6 heteroatoms. The number of carbonyl (C=O) groups is 1. The van der Waals surface area contributed by atoms with Crippen LogP contribution < -0.4 is 14.2 Å². The summed E-state index contributed by atoms with van der Waals surface area (Å²) in [6.07, 6.45) is 0. The third-order valence-corrected chi connectivity index (χ3v) is 6.40. The Morgan fingerprint density at radius 2 is 1.71 bits per heavy atom. The zero-order valence-electron chi connectivity index (χ0n) is 19.8. The van der Waals surface area contributed by atoms with E-state index in [0.29, 0.717) is 32.1 Å². The van der Waals surface area contributed by atoms with Crippen LogP contribution in [0.2, 0.25) is 0 Å². The fraction of sp³-hybridized carbons (Fsp3) is 0.321. The summed E-state index contributed by atoms with van der Waals surface area (Å²) in [6, 6.07) is 20.0. The fourth-order valence-corrected chi connectivity index (χ4v) is 4.51. The number of nitrogens with zero attached hydrogens (tertiary/aromatic N) is 2. The number of benzene rings is 3. The zero-order valence-corrected chi connectivity index (χ0v) is 19.8. The molecule has 6 nitrogen and oxygen atoms in total. The van der Waals surface area contributed by atoms with Crippen LogP contribution in [0, 0.1) is 13.8 Å². The van der Waals surface area contributed by atoms with Crippen LogP contribution >= 0.6 is 0 Å². The Morgan fingerprint density at radius 1 is 0.882 bits per heavy atom. The van der Waals surface area contributed by atoms with Crippen molar-refractivity contribution in [2.24, 2.45) is 0 Å². The number of fused-ring (bicyclic) bond motifs is 1. The molecule has 1 saturated heterocycles. The molecule has 0 aromatic heterocycles. The van der Waals surface area contributed by atoms with E-state index >= 15 is 0 Å². The molecule has 1 fully saturated rings. The van der Waals surface area contributed by atoms with Gasteiger partial charge in [-0.3, -0.25) is 9.69 Å². The van der Waals surface area contributed by atoms with Crippen LogP contribution in [0.3, 0.4) is 0 Å². The van der Waals surface area contributed by atoms with Crippen molar-refractivity contribution in [1.29, 1.82) is 0 Å². The Labute approximate surface area is 200 Å². The lowest BCUT2D eigenvalue weighted by molar-refractivity contribution is 0.0628. The molecule has 3 aromatic carbocycles. The Bertz CT molecular complexity index is 1180. The highest BCUT2D eigenvalue weighted by Crippen LogP contribution is 2.33.